The van der Waals surface area contributed by atoms with Crippen molar-refractivity contribution in [3.05, 3.63) is 65.2 Å². The zero-order valence-corrected chi connectivity index (χ0v) is 12.3. The summed E-state index contributed by atoms with van der Waals surface area (Å²) in [7, 11) is 1.73. The van der Waals surface area contributed by atoms with Crippen LogP contribution in [0.4, 0.5) is 0 Å². The van der Waals surface area contributed by atoms with Crippen LogP contribution in [0.2, 0.25) is 0 Å². The van der Waals surface area contributed by atoms with E-state index >= 15 is 0 Å². The number of carbonyl (C=O) groups excluding carboxylic acids is 1. The summed E-state index contributed by atoms with van der Waals surface area (Å²) < 4.78 is 0. The van der Waals surface area contributed by atoms with Crippen LogP contribution in [0.3, 0.4) is 0 Å². The molecule has 0 aromatic heterocycles. The molecule has 1 atom stereocenters. The molecule has 3 N–H and O–H groups in total. The van der Waals surface area contributed by atoms with Crippen molar-refractivity contribution in [2.75, 3.05) is 7.05 Å². The van der Waals surface area contributed by atoms with Gasteiger partial charge in [-0.25, -0.2) is 0 Å². The van der Waals surface area contributed by atoms with Gasteiger partial charge in [-0.3, -0.25) is 4.79 Å². The van der Waals surface area contributed by atoms with Gasteiger partial charge in [0.1, 0.15) is 5.75 Å². The molecule has 0 radical (unpaired) electrons. The Labute approximate surface area is 124 Å². The molecule has 2 aromatic carbocycles. The lowest BCUT2D eigenvalue weighted by molar-refractivity contribution is 0.0741. The van der Waals surface area contributed by atoms with Gasteiger partial charge in [-0.15, -0.1) is 0 Å². The van der Waals surface area contributed by atoms with Crippen LogP contribution in [0.25, 0.3) is 0 Å². The van der Waals surface area contributed by atoms with E-state index < -0.39 is 0 Å². The fraction of sp³-hybridized carbons (Fsp3) is 0.235. The molecule has 4 nitrogen and oxygen atoms in total. The molecule has 0 aliphatic heterocycles. The topological polar surface area (TPSA) is 66.6 Å². The van der Waals surface area contributed by atoms with Gasteiger partial charge in [-0.1, -0.05) is 30.3 Å². The van der Waals surface area contributed by atoms with Crippen LogP contribution in [0, 0.1) is 0 Å². The average molecular weight is 284 g/mol. The predicted molar refractivity (Wildman–Crippen MR) is 82.9 cm³/mol. The van der Waals surface area contributed by atoms with Crippen molar-refractivity contribution >= 4 is 5.91 Å². The minimum atomic E-state index is -0.215. The Morgan fingerprint density at radius 2 is 1.81 bits per heavy atom. The summed E-state index contributed by atoms with van der Waals surface area (Å²) >= 11 is 0. The highest BCUT2D eigenvalue weighted by Gasteiger charge is 2.20. The van der Waals surface area contributed by atoms with E-state index in [1.807, 2.05) is 31.2 Å². The quantitative estimate of drug-likeness (QED) is 0.907. The largest absolute Gasteiger partial charge is 0.508 e. The number of carbonyl (C=O) groups is 1. The van der Waals surface area contributed by atoms with Crippen LogP contribution >= 0.6 is 0 Å². The molecule has 4 heteroatoms. The summed E-state index contributed by atoms with van der Waals surface area (Å²) in [6, 6.07) is 14.1. The molecule has 0 bridgehead atoms. The van der Waals surface area contributed by atoms with Crippen molar-refractivity contribution in [2.24, 2.45) is 5.73 Å². The Morgan fingerprint density at radius 1 is 1.19 bits per heavy atom. The number of nitrogens with two attached hydrogens (primary N) is 1. The van der Waals surface area contributed by atoms with E-state index in [4.69, 9.17) is 5.73 Å². The molecular formula is C17H20N2O2. The van der Waals surface area contributed by atoms with Crippen molar-refractivity contribution < 1.29 is 9.90 Å². The first-order valence-electron chi connectivity index (χ1n) is 6.88. The summed E-state index contributed by atoms with van der Waals surface area (Å²) in [5.74, 6) is 0.109. The van der Waals surface area contributed by atoms with Gasteiger partial charge in [-0.2, -0.15) is 0 Å². The smallest absolute Gasteiger partial charge is 0.254 e. The first-order chi connectivity index (χ1) is 10.0. The van der Waals surface area contributed by atoms with Crippen molar-refractivity contribution in [2.45, 2.75) is 19.5 Å². The highest BCUT2D eigenvalue weighted by Crippen LogP contribution is 2.28. The molecular weight excluding hydrogens is 264 g/mol. The van der Waals surface area contributed by atoms with Crippen LogP contribution in [-0.4, -0.2) is 23.0 Å². The maximum absolute atomic E-state index is 12.5. The van der Waals surface area contributed by atoms with E-state index in [1.54, 1.807) is 36.2 Å². The molecule has 1 unspecified atom stereocenters. The number of para-hydroxylation sites is 1. The standard InChI is InChI=1S/C17H20N2O2/c1-12(15-5-3-4-6-16(15)20)19(2)17(21)14-9-7-13(11-18)8-10-14/h3-10,12,20H,11,18H2,1-2H3. The fourth-order valence-corrected chi connectivity index (χ4v) is 2.21. The summed E-state index contributed by atoms with van der Waals surface area (Å²) in [5.41, 5.74) is 7.88. The summed E-state index contributed by atoms with van der Waals surface area (Å²) in [4.78, 5) is 14.1. The van der Waals surface area contributed by atoms with Crippen LogP contribution in [0.5, 0.6) is 5.75 Å². The summed E-state index contributed by atoms with van der Waals surface area (Å²) in [6.07, 6.45) is 0. The minimum Gasteiger partial charge on any atom is -0.508 e. The molecule has 0 fully saturated rings. The second kappa shape index (κ2) is 6.41. The lowest BCUT2D eigenvalue weighted by atomic mass is 10.0. The predicted octanol–water partition coefficient (Wildman–Crippen LogP) is 2.68. The van der Waals surface area contributed by atoms with E-state index in [9.17, 15) is 9.90 Å². The molecule has 0 aliphatic carbocycles. The van der Waals surface area contributed by atoms with Crippen molar-refractivity contribution in [1.82, 2.24) is 4.90 Å². The number of hydrogen-bond acceptors (Lipinski definition) is 3. The van der Waals surface area contributed by atoms with E-state index in [0.717, 1.165) is 11.1 Å². The van der Waals surface area contributed by atoms with E-state index in [-0.39, 0.29) is 17.7 Å². The highest BCUT2D eigenvalue weighted by atomic mass is 16.3. The highest BCUT2D eigenvalue weighted by molar-refractivity contribution is 5.94. The zero-order chi connectivity index (χ0) is 15.4. The maximum Gasteiger partial charge on any atom is 0.254 e. The monoisotopic (exact) mass is 284 g/mol. The number of phenolic OH excluding ortho intramolecular Hbond substituents is 1. The minimum absolute atomic E-state index is 0.0886. The van der Waals surface area contributed by atoms with Crippen LogP contribution in [0.1, 0.15) is 34.5 Å². The Bertz CT molecular complexity index is 623. The number of nitrogens with zero attached hydrogens (tertiary/aromatic N) is 1. The molecule has 0 saturated carbocycles. The molecule has 2 rings (SSSR count). The maximum atomic E-state index is 12.5. The first-order valence-corrected chi connectivity index (χ1v) is 6.88. The van der Waals surface area contributed by atoms with Crippen LogP contribution < -0.4 is 5.73 Å². The zero-order valence-electron chi connectivity index (χ0n) is 12.3. The van der Waals surface area contributed by atoms with Gasteiger partial charge in [0.2, 0.25) is 0 Å². The first kappa shape index (κ1) is 15.1. The second-order valence-electron chi connectivity index (χ2n) is 5.05. The van der Waals surface area contributed by atoms with Gasteiger partial charge in [0.25, 0.3) is 5.91 Å². The van der Waals surface area contributed by atoms with Crippen LogP contribution in [0.15, 0.2) is 48.5 Å². The fourth-order valence-electron chi connectivity index (χ4n) is 2.21. The molecule has 2 aromatic rings. The molecule has 1 amide bonds. The van der Waals surface area contributed by atoms with E-state index in [2.05, 4.69) is 0 Å². The number of phenols is 1. The van der Waals surface area contributed by atoms with Crippen molar-refractivity contribution in [3.63, 3.8) is 0 Å². The molecule has 0 saturated heterocycles. The Balaban J connectivity index is 2.20. The van der Waals surface area contributed by atoms with Crippen molar-refractivity contribution in [1.29, 1.82) is 0 Å². The van der Waals surface area contributed by atoms with Crippen molar-refractivity contribution in [3.8, 4) is 5.75 Å². The summed E-state index contributed by atoms with van der Waals surface area (Å²) in [6.45, 7) is 2.35. The van der Waals surface area contributed by atoms with Gasteiger partial charge < -0.3 is 15.7 Å². The molecule has 0 spiro atoms. The van der Waals surface area contributed by atoms with Gasteiger partial charge in [0.15, 0.2) is 0 Å². The van der Waals surface area contributed by atoms with Gasteiger partial charge in [0.05, 0.1) is 6.04 Å². The SMILES string of the molecule is CC(c1ccccc1O)N(C)C(=O)c1ccc(CN)cc1. The number of hydrogen-bond donors (Lipinski definition) is 2. The van der Waals surface area contributed by atoms with E-state index in [0.29, 0.717) is 12.1 Å². The third-order valence-electron chi connectivity index (χ3n) is 3.72. The van der Waals surface area contributed by atoms with Gasteiger partial charge in [-0.05, 0) is 30.7 Å². The van der Waals surface area contributed by atoms with E-state index in [1.165, 1.54) is 0 Å². The molecule has 0 aliphatic rings. The lowest BCUT2D eigenvalue weighted by Gasteiger charge is -2.26. The number of aromatic hydroxyl groups is 1. The third-order valence-corrected chi connectivity index (χ3v) is 3.72. The molecule has 0 heterocycles. The average Bonchev–Trinajstić information content (AvgIpc) is 2.53. The Kier molecular flexibility index (Phi) is 4.60. The number of amides is 1. The van der Waals surface area contributed by atoms with Gasteiger partial charge in [0, 0.05) is 24.7 Å². The second-order valence-corrected chi connectivity index (χ2v) is 5.05. The molecule has 110 valence electrons. The third kappa shape index (κ3) is 3.23. The Morgan fingerprint density at radius 3 is 2.38 bits per heavy atom. The Hall–Kier alpha value is -2.33. The summed E-state index contributed by atoms with van der Waals surface area (Å²) in [5, 5.41) is 9.90. The number of rotatable bonds is 4. The normalized spacial score (nSPS) is 12.0. The lowest BCUT2D eigenvalue weighted by Crippen LogP contribution is -2.29. The van der Waals surface area contributed by atoms with Crippen LogP contribution in [-0.2, 0) is 6.54 Å². The molecule has 21 heavy (non-hydrogen) atoms. The number of benzene rings is 2. The van der Waals surface area contributed by atoms with Gasteiger partial charge >= 0.3 is 0 Å².